The van der Waals surface area contributed by atoms with Crippen LogP contribution < -0.4 is 10.6 Å². The van der Waals surface area contributed by atoms with E-state index in [1.165, 1.54) is 24.0 Å². The number of aromatic nitrogens is 2. The van der Waals surface area contributed by atoms with E-state index in [0.717, 1.165) is 24.1 Å². The number of hydrogen-bond acceptors (Lipinski definition) is 4. The maximum absolute atomic E-state index is 12.9. The minimum Gasteiger partial charge on any atom is -0.370 e. The van der Waals surface area contributed by atoms with Crippen LogP contribution in [-0.2, 0) is 12.8 Å². The highest BCUT2D eigenvalue weighted by Crippen LogP contribution is 2.12. The highest BCUT2D eigenvalue weighted by Gasteiger charge is 2.09. The highest BCUT2D eigenvalue weighted by atomic mass is 19.1. The van der Waals surface area contributed by atoms with Crippen molar-refractivity contribution in [2.45, 2.75) is 19.8 Å². The summed E-state index contributed by atoms with van der Waals surface area (Å²) in [5.41, 5.74) is 3.24. The lowest BCUT2D eigenvalue weighted by Crippen LogP contribution is -2.15. The highest BCUT2D eigenvalue weighted by molar-refractivity contribution is 6.03. The Morgan fingerprint density at radius 3 is 2.41 bits per heavy atom. The Hall–Kier alpha value is -3.28. The summed E-state index contributed by atoms with van der Waals surface area (Å²) in [4.78, 5) is 20.6. The van der Waals surface area contributed by atoms with Crippen molar-refractivity contribution in [3.8, 4) is 0 Å². The van der Waals surface area contributed by atoms with Gasteiger partial charge in [-0.2, -0.15) is 0 Å². The number of rotatable bonds is 7. The third kappa shape index (κ3) is 5.34. The van der Waals surface area contributed by atoms with Gasteiger partial charge in [0, 0.05) is 18.3 Å². The van der Waals surface area contributed by atoms with E-state index in [0.29, 0.717) is 12.4 Å². The molecule has 0 radical (unpaired) electrons. The maximum atomic E-state index is 12.9. The minimum atomic E-state index is -0.289. The van der Waals surface area contributed by atoms with Gasteiger partial charge in [0.15, 0.2) is 0 Å². The molecule has 2 aromatic carbocycles. The molecule has 0 fully saturated rings. The normalized spacial score (nSPS) is 10.4. The second kappa shape index (κ2) is 8.89. The van der Waals surface area contributed by atoms with Gasteiger partial charge in [0.25, 0.3) is 5.91 Å². The zero-order valence-corrected chi connectivity index (χ0v) is 15.1. The number of nitrogens with one attached hydrogen (secondary N) is 2. The summed E-state index contributed by atoms with van der Waals surface area (Å²) >= 11 is 0. The molecule has 1 heterocycles. The standard InChI is InChI=1S/C21H21FN4O/c1-2-15-5-9-18(10-6-15)26-21(27)19-13-20(25-14-24-19)23-12-11-16-3-7-17(22)8-4-16/h3-10,13-14H,2,11-12H2,1H3,(H,26,27)(H,23,24,25). The molecule has 0 saturated heterocycles. The number of benzene rings is 2. The fourth-order valence-electron chi connectivity index (χ4n) is 2.58. The molecule has 2 N–H and O–H groups in total. The van der Waals surface area contributed by atoms with Gasteiger partial charge in [-0.25, -0.2) is 14.4 Å². The van der Waals surface area contributed by atoms with Gasteiger partial charge in [-0.05, 0) is 48.2 Å². The number of carbonyl (C=O) groups is 1. The van der Waals surface area contributed by atoms with Crippen LogP contribution in [-0.4, -0.2) is 22.4 Å². The first-order chi connectivity index (χ1) is 13.1. The minimum absolute atomic E-state index is 0.248. The molecule has 1 aromatic heterocycles. The van der Waals surface area contributed by atoms with Crippen LogP contribution >= 0.6 is 0 Å². The monoisotopic (exact) mass is 364 g/mol. The summed E-state index contributed by atoms with van der Waals surface area (Å²) in [5, 5.41) is 5.99. The fourth-order valence-corrected chi connectivity index (χ4v) is 2.58. The zero-order chi connectivity index (χ0) is 19.1. The molecule has 27 heavy (non-hydrogen) atoms. The number of anilines is 2. The molecule has 0 aliphatic carbocycles. The molecular formula is C21H21FN4O. The number of nitrogens with zero attached hydrogens (tertiary/aromatic N) is 2. The average Bonchev–Trinajstić information content (AvgIpc) is 2.70. The van der Waals surface area contributed by atoms with Crippen molar-refractivity contribution in [3.05, 3.63) is 83.6 Å². The first-order valence-electron chi connectivity index (χ1n) is 8.84. The Labute approximate surface area is 157 Å². The van der Waals surface area contributed by atoms with Crippen molar-refractivity contribution in [2.24, 2.45) is 0 Å². The van der Waals surface area contributed by atoms with E-state index in [1.54, 1.807) is 18.2 Å². The SMILES string of the molecule is CCc1ccc(NC(=O)c2cc(NCCc3ccc(F)cc3)ncn2)cc1. The van der Waals surface area contributed by atoms with Gasteiger partial charge in [-0.15, -0.1) is 0 Å². The lowest BCUT2D eigenvalue weighted by atomic mass is 10.1. The number of carbonyl (C=O) groups excluding carboxylic acids is 1. The van der Waals surface area contributed by atoms with Gasteiger partial charge in [0.2, 0.25) is 0 Å². The second-order valence-corrected chi connectivity index (χ2v) is 6.10. The van der Waals surface area contributed by atoms with Crippen LogP contribution in [0.1, 0.15) is 28.5 Å². The van der Waals surface area contributed by atoms with Crippen LogP contribution in [0.3, 0.4) is 0 Å². The molecule has 5 nitrogen and oxygen atoms in total. The van der Waals surface area contributed by atoms with E-state index in [-0.39, 0.29) is 17.4 Å². The molecule has 0 unspecified atom stereocenters. The van der Waals surface area contributed by atoms with Gasteiger partial charge in [0.05, 0.1) is 0 Å². The quantitative estimate of drug-likeness (QED) is 0.663. The summed E-state index contributed by atoms with van der Waals surface area (Å²) in [7, 11) is 0. The maximum Gasteiger partial charge on any atom is 0.274 e. The molecule has 0 spiro atoms. The smallest absolute Gasteiger partial charge is 0.274 e. The van der Waals surface area contributed by atoms with Crippen molar-refractivity contribution in [3.63, 3.8) is 0 Å². The molecule has 0 aliphatic rings. The van der Waals surface area contributed by atoms with Crippen LogP contribution in [0.4, 0.5) is 15.9 Å². The Morgan fingerprint density at radius 2 is 1.70 bits per heavy atom. The Kier molecular flexibility index (Phi) is 6.10. The molecule has 3 aromatic rings. The topological polar surface area (TPSA) is 66.9 Å². The molecule has 6 heteroatoms. The Balaban J connectivity index is 1.57. The summed E-state index contributed by atoms with van der Waals surface area (Å²) in [5.74, 6) is 0.0318. The molecular weight excluding hydrogens is 343 g/mol. The van der Waals surface area contributed by atoms with Gasteiger partial charge >= 0.3 is 0 Å². The predicted molar refractivity (Wildman–Crippen MR) is 104 cm³/mol. The number of halogens is 1. The molecule has 3 rings (SSSR count). The Bertz CT molecular complexity index is 895. The van der Waals surface area contributed by atoms with E-state index in [1.807, 2.05) is 24.3 Å². The van der Waals surface area contributed by atoms with Crippen LogP contribution in [0, 0.1) is 5.82 Å². The molecule has 0 aliphatic heterocycles. The van der Waals surface area contributed by atoms with Crippen molar-refractivity contribution in [1.29, 1.82) is 0 Å². The summed E-state index contributed by atoms with van der Waals surface area (Å²) in [6.07, 6.45) is 3.03. The van der Waals surface area contributed by atoms with E-state index >= 15 is 0 Å². The zero-order valence-electron chi connectivity index (χ0n) is 15.1. The van der Waals surface area contributed by atoms with Gasteiger partial charge in [-0.3, -0.25) is 4.79 Å². The van der Waals surface area contributed by atoms with E-state index in [2.05, 4.69) is 27.5 Å². The molecule has 0 atom stereocenters. The third-order valence-electron chi connectivity index (χ3n) is 4.15. The molecule has 1 amide bonds. The van der Waals surface area contributed by atoms with E-state index in [4.69, 9.17) is 0 Å². The third-order valence-corrected chi connectivity index (χ3v) is 4.15. The average molecular weight is 364 g/mol. The van der Waals surface area contributed by atoms with E-state index < -0.39 is 0 Å². The first kappa shape index (κ1) is 18.5. The number of hydrogen-bond donors (Lipinski definition) is 2. The Morgan fingerprint density at radius 1 is 1.00 bits per heavy atom. The fraction of sp³-hybridized carbons (Fsp3) is 0.190. The van der Waals surface area contributed by atoms with Crippen molar-refractivity contribution in [1.82, 2.24) is 9.97 Å². The van der Waals surface area contributed by atoms with Crippen molar-refractivity contribution < 1.29 is 9.18 Å². The van der Waals surface area contributed by atoms with Crippen molar-refractivity contribution >= 4 is 17.4 Å². The lowest BCUT2D eigenvalue weighted by molar-refractivity contribution is 0.102. The lowest BCUT2D eigenvalue weighted by Gasteiger charge is -2.08. The largest absolute Gasteiger partial charge is 0.370 e. The summed E-state index contributed by atoms with van der Waals surface area (Å²) in [6, 6.07) is 15.7. The van der Waals surface area contributed by atoms with Crippen molar-refractivity contribution in [2.75, 3.05) is 17.2 Å². The second-order valence-electron chi connectivity index (χ2n) is 6.10. The number of aryl methyl sites for hydroxylation is 1. The van der Waals surface area contributed by atoms with Crippen LogP contribution in [0.5, 0.6) is 0 Å². The van der Waals surface area contributed by atoms with E-state index in [9.17, 15) is 9.18 Å². The van der Waals surface area contributed by atoms with Gasteiger partial charge in [-0.1, -0.05) is 31.2 Å². The molecule has 0 bridgehead atoms. The van der Waals surface area contributed by atoms with Crippen LogP contribution in [0.2, 0.25) is 0 Å². The van der Waals surface area contributed by atoms with Gasteiger partial charge in [0.1, 0.15) is 23.7 Å². The molecule has 138 valence electrons. The first-order valence-corrected chi connectivity index (χ1v) is 8.84. The summed E-state index contributed by atoms with van der Waals surface area (Å²) < 4.78 is 12.9. The van der Waals surface area contributed by atoms with Crippen LogP contribution in [0.15, 0.2) is 60.9 Å². The number of amides is 1. The summed E-state index contributed by atoms with van der Waals surface area (Å²) in [6.45, 7) is 2.70. The predicted octanol–water partition coefficient (Wildman–Crippen LogP) is 4.09. The molecule has 0 saturated carbocycles. The van der Waals surface area contributed by atoms with Gasteiger partial charge < -0.3 is 10.6 Å². The van der Waals surface area contributed by atoms with Crippen LogP contribution in [0.25, 0.3) is 0 Å².